The lowest BCUT2D eigenvalue weighted by atomic mass is 10.0. The third-order valence-corrected chi connectivity index (χ3v) is 2.32. The molecule has 0 bridgehead atoms. The second kappa shape index (κ2) is 5.14. The van der Waals surface area contributed by atoms with E-state index in [-0.39, 0.29) is 5.78 Å². The number of carbonyl (C=O) groups excluding carboxylic acids is 1. The van der Waals surface area contributed by atoms with Crippen LogP contribution < -0.4 is 4.74 Å². The molecule has 1 aromatic carbocycles. The molecular formula is C11H13ClO3. The van der Waals surface area contributed by atoms with Gasteiger partial charge < -0.3 is 9.84 Å². The van der Waals surface area contributed by atoms with Gasteiger partial charge in [-0.1, -0.05) is 11.6 Å². The largest absolute Gasteiger partial charge is 0.492 e. The number of aryl methyl sites for hydroxylation is 1. The Morgan fingerprint density at radius 2 is 2.20 bits per heavy atom. The first-order valence-corrected chi connectivity index (χ1v) is 5.05. The maximum atomic E-state index is 11.3. The van der Waals surface area contributed by atoms with E-state index in [1.165, 1.54) is 6.07 Å². The predicted molar refractivity (Wildman–Crippen MR) is 58.8 cm³/mol. The highest BCUT2D eigenvalue weighted by Crippen LogP contribution is 2.28. The van der Waals surface area contributed by atoms with Gasteiger partial charge in [-0.3, -0.25) is 4.79 Å². The van der Waals surface area contributed by atoms with Crippen LogP contribution >= 0.6 is 11.6 Å². The highest BCUT2D eigenvalue weighted by molar-refractivity contribution is 6.32. The summed E-state index contributed by atoms with van der Waals surface area (Å²) >= 11 is 5.92. The molecule has 0 aromatic heterocycles. The van der Waals surface area contributed by atoms with Crippen LogP contribution in [0, 0.1) is 6.92 Å². The number of aliphatic hydroxyl groups is 1. The van der Waals surface area contributed by atoms with Crippen molar-refractivity contribution in [3.05, 3.63) is 28.3 Å². The molecule has 0 amide bonds. The van der Waals surface area contributed by atoms with E-state index in [1.54, 1.807) is 13.0 Å². The van der Waals surface area contributed by atoms with Gasteiger partial charge in [-0.25, -0.2) is 0 Å². The zero-order valence-electron chi connectivity index (χ0n) is 8.71. The number of ketones is 1. The smallest absolute Gasteiger partial charge is 0.188 e. The van der Waals surface area contributed by atoms with Gasteiger partial charge in [0.2, 0.25) is 0 Å². The molecule has 0 aliphatic carbocycles. The first kappa shape index (κ1) is 12.0. The second-order valence-electron chi connectivity index (χ2n) is 3.11. The lowest BCUT2D eigenvalue weighted by Crippen LogP contribution is -2.07. The molecule has 1 N–H and O–H groups in total. The lowest BCUT2D eigenvalue weighted by molar-refractivity contribution is 0.0903. The first-order chi connectivity index (χ1) is 7.10. The van der Waals surface area contributed by atoms with Crippen molar-refractivity contribution in [3.63, 3.8) is 0 Å². The van der Waals surface area contributed by atoms with Crippen molar-refractivity contribution in [1.82, 2.24) is 0 Å². The van der Waals surface area contributed by atoms with Crippen LogP contribution in [0.1, 0.15) is 22.8 Å². The molecule has 3 nitrogen and oxygen atoms in total. The van der Waals surface area contributed by atoms with Crippen molar-refractivity contribution in [1.29, 1.82) is 0 Å². The van der Waals surface area contributed by atoms with Crippen molar-refractivity contribution in [2.75, 3.05) is 13.2 Å². The van der Waals surface area contributed by atoms with Crippen molar-refractivity contribution in [2.24, 2.45) is 0 Å². The van der Waals surface area contributed by atoms with Crippen LogP contribution in [-0.2, 0) is 0 Å². The van der Waals surface area contributed by atoms with E-state index in [0.717, 1.165) is 5.56 Å². The summed E-state index contributed by atoms with van der Waals surface area (Å²) in [5, 5.41) is 9.14. The molecule has 15 heavy (non-hydrogen) atoms. The van der Waals surface area contributed by atoms with E-state index in [2.05, 4.69) is 0 Å². The van der Waals surface area contributed by atoms with E-state index >= 15 is 0 Å². The normalized spacial score (nSPS) is 10.1. The first-order valence-electron chi connectivity index (χ1n) is 4.67. The maximum absolute atomic E-state index is 11.3. The summed E-state index contributed by atoms with van der Waals surface area (Å²) in [6, 6.07) is 3.23. The fraction of sp³-hybridized carbons (Fsp3) is 0.364. The summed E-state index contributed by atoms with van der Waals surface area (Å²) in [7, 11) is 0. The Hall–Kier alpha value is -1.06. The number of halogens is 1. The van der Waals surface area contributed by atoms with Crippen LogP contribution in [0.15, 0.2) is 12.1 Å². The minimum absolute atomic E-state index is 0.336. The molecule has 0 saturated heterocycles. The van der Waals surface area contributed by atoms with E-state index in [4.69, 9.17) is 21.4 Å². The van der Waals surface area contributed by atoms with Gasteiger partial charge in [0.1, 0.15) is 12.4 Å². The number of hydrogen-bond donors (Lipinski definition) is 1. The molecule has 1 rings (SSSR count). The lowest BCUT2D eigenvalue weighted by Gasteiger charge is -2.09. The number of rotatable bonds is 4. The summed E-state index contributed by atoms with van der Waals surface area (Å²) in [4.78, 5) is 11.3. The molecule has 0 radical (unpaired) electrons. The van der Waals surface area contributed by atoms with Gasteiger partial charge in [0.15, 0.2) is 5.78 Å². The zero-order valence-corrected chi connectivity index (χ0v) is 9.47. The zero-order chi connectivity index (χ0) is 11.4. The van der Waals surface area contributed by atoms with Crippen LogP contribution in [0.25, 0.3) is 0 Å². The number of aliphatic hydroxyl groups excluding tert-OH is 1. The Kier molecular flexibility index (Phi) is 4.12. The van der Waals surface area contributed by atoms with Crippen LogP contribution in [-0.4, -0.2) is 24.1 Å². The van der Waals surface area contributed by atoms with Crippen LogP contribution in [0.4, 0.5) is 0 Å². The maximum Gasteiger partial charge on any atom is 0.188 e. The van der Waals surface area contributed by atoms with Gasteiger partial charge in [-0.2, -0.15) is 0 Å². The average Bonchev–Trinajstić information content (AvgIpc) is 2.22. The van der Waals surface area contributed by atoms with Crippen molar-refractivity contribution < 1.29 is 14.6 Å². The van der Waals surface area contributed by atoms with E-state index in [9.17, 15) is 4.79 Å². The molecule has 0 heterocycles. The van der Waals surface area contributed by atoms with Gasteiger partial charge in [-0.05, 0) is 31.5 Å². The number of hydrogen-bond acceptors (Lipinski definition) is 3. The Morgan fingerprint density at radius 3 is 2.73 bits per heavy atom. The Morgan fingerprint density at radius 1 is 1.53 bits per heavy atom. The van der Waals surface area contributed by atoms with Gasteiger partial charge in [-0.15, -0.1) is 0 Å². The van der Waals surface area contributed by atoms with E-state index in [0.29, 0.717) is 22.9 Å². The molecule has 82 valence electrons. The Balaban J connectivity index is 3.13. The van der Waals surface area contributed by atoms with Gasteiger partial charge in [0.25, 0.3) is 0 Å². The number of carbonyl (C=O) groups is 1. The molecule has 1 aromatic rings. The minimum atomic E-state index is -0.509. The molecule has 0 aliphatic heterocycles. The second-order valence-corrected chi connectivity index (χ2v) is 3.52. The topological polar surface area (TPSA) is 46.5 Å². The fourth-order valence-electron chi connectivity index (χ4n) is 1.31. The third kappa shape index (κ3) is 2.70. The Labute approximate surface area is 93.6 Å². The highest BCUT2D eigenvalue weighted by Gasteiger charge is 2.12. The quantitative estimate of drug-likeness (QED) is 0.804. The number of Topliss-reactive ketones (excluding diaryl/α,β-unsaturated/α-hetero) is 1. The van der Waals surface area contributed by atoms with Crippen LogP contribution in [0.2, 0.25) is 5.02 Å². The minimum Gasteiger partial charge on any atom is -0.492 e. The molecule has 0 unspecified atom stereocenters. The molecule has 4 heteroatoms. The average molecular weight is 229 g/mol. The summed E-state index contributed by atoms with van der Waals surface area (Å²) in [5.41, 5.74) is 1.19. The molecule has 0 fully saturated rings. The molecule has 0 spiro atoms. The predicted octanol–water partition coefficient (Wildman–Crippen LogP) is 2.22. The summed E-state index contributed by atoms with van der Waals surface area (Å²) in [5.74, 6) is 0.226. The molecule has 0 saturated carbocycles. The van der Waals surface area contributed by atoms with Gasteiger partial charge >= 0.3 is 0 Å². The molecule has 0 atom stereocenters. The highest BCUT2D eigenvalue weighted by atomic mass is 35.5. The SMILES string of the molecule is CCOc1cc(C)c(C(=O)CO)cc1Cl. The van der Waals surface area contributed by atoms with Crippen LogP contribution in [0.3, 0.4) is 0 Å². The van der Waals surface area contributed by atoms with Crippen molar-refractivity contribution in [2.45, 2.75) is 13.8 Å². The van der Waals surface area contributed by atoms with Gasteiger partial charge in [0.05, 0.1) is 11.6 Å². The van der Waals surface area contributed by atoms with Crippen molar-refractivity contribution in [3.8, 4) is 5.75 Å². The standard InChI is InChI=1S/C11H13ClO3/c1-3-15-11-4-7(2)8(5-9(11)12)10(14)6-13/h4-5,13H,3,6H2,1-2H3. The molecular weight excluding hydrogens is 216 g/mol. The van der Waals surface area contributed by atoms with E-state index < -0.39 is 6.61 Å². The number of ether oxygens (including phenoxy) is 1. The van der Waals surface area contributed by atoms with Gasteiger partial charge in [0, 0.05) is 5.56 Å². The Bertz CT molecular complexity index is 374. The number of benzene rings is 1. The summed E-state index contributed by atoms with van der Waals surface area (Å²) < 4.78 is 5.28. The summed E-state index contributed by atoms with van der Waals surface area (Å²) in [6.07, 6.45) is 0. The van der Waals surface area contributed by atoms with Crippen LogP contribution in [0.5, 0.6) is 5.75 Å². The summed E-state index contributed by atoms with van der Waals surface area (Å²) in [6.45, 7) is 3.65. The third-order valence-electron chi connectivity index (χ3n) is 2.02. The monoisotopic (exact) mass is 228 g/mol. The van der Waals surface area contributed by atoms with Crippen molar-refractivity contribution >= 4 is 17.4 Å². The molecule has 0 aliphatic rings. The van der Waals surface area contributed by atoms with E-state index in [1.807, 2.05) is 6.92 Å². The fourth-order valence-corrected chi connectivity index (χ4v) is 1.52.